The smallest absolute Gasteiger partial charge is 0.191 e. The Labute approximate surface area is 157 Å². The minimum atomic E-state index is 0. The van der Waals surface area contributed by atoms with Gasteiger partial charge >= 0.3 is 0 Å². The molecule has 132 valence electrons. The molecular formula is C17H31IN4O. The first kappa shape index (κ1) is 21.9. The van der Waals surface area contributed by atoms with Crippen molar-refractivity contribution in [3.8, 4) is 5.75 Å². The molecule has 0 fully saturated rings. The van der Waals surface area contributed by atoms with Gasteiger partial charge in [0.1, 0.15) is 12.4 Å². The summed E-state index contributed by atoms with van der Waals surface area (Å²) in [4.78, 5) is 8.26. The molecule has 23 heavy (non-hydrogen) atoms. The van der Waals surface area contributed by atoms with Crippen molar-refractivity contribution in [2.45, 2.75) is 46.6 Å². The molecule has 0 aliphatic rings. The Morgan fingerprint density at radius 2 is 2.13 bits per heavy atom. The van der Waals surface area contributed by atoms with Crippen LogP contribution in [0.5, 0.6) is 5.75 Å². The van der Waals surface area contributed by atoms with Crippen molar-refractivity contribution >= 4 is 29.9 Å². The second-order valence-electron chi connectivity index (χ2n) is 6.68. The Morgan fingerprint density at radius 1 is 1.39 bits per heavy atom. The fourth-order valence-electron chi connectivity index (χ4n) is 1.92. The number of ether oxygens (including phenoxy) is 1. The van der Waals surface area contributed by atoms with Crippen molar-refractivity contribution in [2.24, 2.45) is 10.4 Å². The van der Waals surface area contributed by atoms with E-state index in [-0.39, 0.29) is 24.0 Å². The van der Waals surface area contributed by atoms with Gasteiger partial charge in [-0.25, -0.2) is 0 Å². The summed E-state index contributed by atoms with van der Waals surface area (Å²) >= 11 is 0. The van der Waals surface area contributed by atoms with E-state index in [2.05, 4.69) is 48.3 Å². The van der Waals surface area contributed by atoms with Gasteiger partial charge in [0.2, 0.25) is 0 Å². The van der Waals surface area contributed by atoms with Crippen molar-refractivity contribution in [1.82, 2.24) is 15.6 Å². The average Bonchev–Trinajstić information content (AvgIpc) is 2.48. The van der Waals surface area contributed by atoms with E-state index in [9.17, 15) is 0 Å². The van der Waals surface area contributed by atoms with Crippen molar-refractivity contribution in [1.29, 1.82) is 0 Å². The third-order valence-electron chi connectivity index (χ3n) is 3.23. The van der Waals surface area contributed by atoms with E-state index in [1.807, 2.05) is 12.1 Å². The van der Waals surface area contributed by atoms with Gasteiger partial charge in [0.05, 0.1) is 12.7 Å². The van der Waals surface area contributed by atoms with Gasteiger partial charge in [-0.3, -0.25) is 9.98 Å². The van der Waals surface area contributed by atoms with E-state index < -0.39 is 0 Å². The molecule has 6 heteroatoms. The number of rotatable bonds is 7. The van der Waals surface area contributed by atoms with Gasteiger partial charge in [0, 0.05) is 19.3 Å². The molecule has 1 aromatic heterocycles. The van der Waals surface area contributed by atoms with Crippen LogP contribution in [0.2, 0.25) is 0 Å². The fourth-order valence-corrected chi connectivity index (χ4v) is 1.92. The fraction of sp³-hybridized carbons (Fsp3) is 0.647. The van der Waals surface area contributed by atoms with Gasteiger partial charge in [-0.1, -0.05) is 20.8 Å². The molecule has 0 radical (unpaired) electrons. The van der Waals surface area contributed by atoms with Crippen LogP contribution in [0.1, 0.15) is 40.5 Å². The second kappa shape index (κ2) is 11.5. The Hall–Kier alpha value is -1.05. The number of pyridine rings is 1. The molecule has 0 saturated carbocycles. The molecule has 0 amide bonds. The molecule has 0 saturated heterocycles. The molecule has 5 nitrogen and oxygen atoms in total. The van der Waals surface area contributed by atoms with E-state index in [1.165, 1.54) is 6.42 Å². The predicted octanol–water partition coefficient (Wildman–Crippen LogP) is 3.46. The third kappa shape index (κ3) is 11.2. The first-order chi connectivity index (χ1) is 10.4. The summed E-state index contributed by atoms with van der Waals surface area (Å²) < 4.78 is 5.59. The molecular weight excluding hydrogens is 403 g/mol. The standard InChI is InChI=1S/C17H30N4O.HI/c1-14(8-9-17(2,3)4)21-16(18-5)20-11-12-22-15-7-6-10-19-13-15;/h6-7,10,13-14H,8-9,11-12H2,1-5H3,(H2,18,20,21);1H. The van der Waals surface area contributed by atoms with Crippen LogP contribution in [0, 0.1) is 5.41 Å². The van der Waals surface area contributed by atoms with Crippen molar-refractivity contribution in [2.75, 3.05) is 20.2 Å². The van der Waals surface area contributed by atoms with Crippen LogP contribution in [0.3, 0.4) is 0 Å². The van der Waals surface area contributed by atoms with Gasteiger partial charge in [-0.15, -0.1) is 24.0 Å². The van der Waals surface area contributed by atoms with E-state index in [1.54, 1.807) is 19.4 Å². The maximum atomic E-state index is 5.59. The lowest BCUT2D eigenvalue weighted by Gasteiger charge is -2.23. The van der Waals surface area contributed by atoms with Gasteiger partial charge < -0.3 is 15.4 Å². The number of guanidine groups is 1. The number of nitrogens with one attached hydrogen (secondary N) is 2. The maximum absolute atomic E-state index is 5.59. The minimum absolute atomic E-state index is 0. The SMILES string of the molecule is CN=C(NCCOc1cccnc1)NC(C)CCC(C)(C)C.I. The predicted molar refractivity (Wildman–Crippen MR) is 108 cm³/mol. The lowest BCUT2D eigenvalue weighted by molar-refractivity contribution is 0.319. The summed E-state index contributed by atoms with van der Waals surface area (Å²) in [6.45, 7) is 10.3. The number of hydrogen-bond acceptors (Lipinski definition) is 3. The normalized spacial score (nSPS) is 13.0. The first-order valence-corrected chi connectivity index (χ1v) is 7.91. The number of aliphatic imine (C=N–C) groups is 1. The second-order valence-corrected chi connectivity index (χ2v) is 6.68. The highest BCUT2D eigenvalue weighted by molar-refractivity contribution is 14.0. The Balaban J connectivity index is 0.00000484. The van der Waals surface area contributed by atoms with Crippen LogP contribution in [0.4, 0.5) is 0 Å². The third-order valence-corrected chi connectivity index (χ3v) is 3.23. The molecule has 1 aromatic rings. The zero-order chi connectivity index (χ0) is 16.4. The number of aromatic nitrogens is 1. The molecule has 1 unspecified atom stereocenters. The van der Waals surface area contributed by atoms with Crippen molar-refractivity contribution in [3.05, 3.63) is 24.5 Å². The van der Waals surface area contributed by atoms with Crippen LogP contribution in [0.15, 0.2) is 29.5 Å². The topological polar surface area (TPSA) is 58.5 Å². The summed E-state index contributed by atoms with van der Waals surface area (Å²) in [5.41, 5.74) is 0.366. The van der Waals surface area contributed by atoms with Gasteiger partial charge in [0.15, 0.2) is 5.96 Å². The van der Waals surface area contributed by atoms with E-state index in [0.29, 0.717) is 24.6 Å². The molecule has 0 spiro atoms. The largest absolute Gasteiger partial charge is 0.490 e. The number of nitrogens with zero attached hydrogens (tertiary/aromatic N) is 2. The molecule has 2 N–H and O–H groups in total. The summed E-state index contributed by atoms with van der Waals surface area (Å²) in [5, 5.41) is 6.67. The molecule has 1 atom stereocenters. The van der Waals surface area contributed by atoms with Crippen molar-refractivity contribution < 1.29 is 4.74 Å². The van der Waals surface area contributed by atoms with E-state index >= 15 is 0 Å². The number of hydrogen-bond donors (Lipinski definition) is 2. The van der Waals surface area contributed by atoms with Crippen LogP contribution in [0.25, 0.3) is 0 Å². The molecule has 0 aliphatic heterocycles. The Morgan fingerprint density at radius 3 is 2.70 bits per heavy atom. The van der Waals surface area contributed by atoms with Crippen LogP contribution in [-0.2, 0) is 0 Å². The average molecular weight is 434 g/mol. The Bertz CT molecular complexity index is 446. The number of halogens is 1. The van der Waals surface area contributed by atoms with Gasteiger partial charge in [-0.05, 0) is 37.3 Å². The Kier molecular flexibility index (Phi) is 11.0. The van der Waals surface area contributed by atoms with Gasteiger partial charge in [-0.2, -0.15) is 0 Å². The van der Waals surface area contributed by atoms with E-state index in [0.717, 1.165) is 18.1 Å². The summed E-state index contributed by atoms with van der Waals surface area (Å²) in [6.07, 6.45) is 5.75. The molecule has 0 bridgehead atoms. The minimum Gasteiger partial charge on any atom is -0.490 e. The van der Waals surface area contributed by atoms with Crippen LogP contribution in [-0.4, -0.2) is 37.2 Å². The van der Waals surface area contributed by atoms with Crippen molar-refractivity contribution in [3.63, 3.8) is 0 Å². The van der Waals surface area contributed by atoms with Crippen LogP contribution < -0.4 is 15.4 Å². The van der Waals surface area contributed by atoms with Crippen LogP contribution >= 0.6 is 24.0 Å². The highest BCUT2D eigenvalue weighted by atomic mass is 127. The zero-order valence-corrected chi connectivity index (χ0v) is 17.3. The molecule has 0 aliphatic carbocycles. The van der Waals surface area contributed by atoms with E-state index in [4.69, 9.17) is 4.74 Å². The summed E-state index contributed by atoms with van der Waals surface area (Å²) in [5.74, 6) is 1.60. The first-order valence-electron chi connectivity index (χ1n) is 7.91. The van der Waals surface area contributed by atoms with Gasteiger partial charge in [0.25, 0.3) is 0 Å². The lowest BCUT2D eigenvalue weighted by atomic mass is 9.89. The highest BCUT2D eigenvalue weighted by Gasteiger charge is 2.13. The molecule has 0 aromatic carbocycles. The quantitative estimate of drug-likeness (QED) is 0.299. The monoisotopic (exact) mass is 434 g/mol. The zero-order valence-electron chi connectivity index (χ0n) is 14.9. The maximum Gasteiger partial charge on any atom is 0.191 e. The summed E-state index contributed by atoms with van der Waals surface area (Å²) in [7, 11) is 1.79. The highest BCUT2D eigenvalue weighted by Crippen LogP contribution is 2.21. The summed E-state index contributed by atoms with van der Waals surface area (Å²) in [6, 6.07) is 4.15. The lowest BCUT2D eigenvalue weighted by Crippen LogP contribution is -2.43. The molecule has 1 rings (SSSR count). The molecule has 1 heterocycles.